The van der Waals surface area contributed by atoms with Crippen LogP contribution < -0.4 is 5.73 Å². The van der Waals surface area contributed by atoms with Gasteiger partial charge in [0.25, 0.3) is 0 Å². The van der Waals surface area contributed by atoms with E-state index in [1.807, 2.05) is 19.4 Å². The summed E-state index contributed by atoms with van der Waals surface area (Å²) in [5.74, 6) is 1.10. The van der Waals surface area contributed by atoms with Crippen molar-refractivity contribution in [2.24, 2.45) is 18.2 Å². The number of hydrogen-bond donors (Lipinski definition) is 1. The van der Waals surface area contributed by atoms with E-state index in [1.165, 1.54) is 12.8 Å². The number of nitrogens with zero attached hydrogens (tertiary/aromatic N) is 3. The molecule has 2 unspecified atom stereocenters. The van der Waals surface area contributed by atoms with Crippen LogP contribution in [-0.2, 0) is 13.6 Å². The van der Waals surface area contributed by atoms with Gasteiger partial charge in [0, 0.05) is 31.5 Å². The minimum atomic E-state index is 0.257. The molecule has 1 aliphatic carbocycles. The lowest BCUT2D eigenvalue weighted by Gasteiger charge is -2.32. The van der Waals surface area contributed by atoms with Crippen LogP contribution in [0.25, 0.3) is 0 Å². The van der Waals surface area contributed by atoms with Gasteiger partial charge in [0.1, 0.15) is 5.82 Å². The standard InChI is InChI=1S/C13H24N4/c1-13(2)6-5-10(12(13)14)17(4)9-11-15-7-8-16(11)3/h7-8,10,12H,5-6,9,14H2,1-4H3. The summed E-state index contributed by atoms with van der Waals surface area (Å²) in [6.07, 6.45) is 6.24. The molecule has 0 bridgehead atoms. The lowest BCUT2D eigenvalue weighted by atomic mass is 9.87. The third-order valence-electron chi connectivity index (χ3n) is 4.28. The topological polar surface area (TPSA) is 47.1 Å². The van der Waals surface area contributed by atoms with Crippen molar-refractivity contribution in [3.63, 3.8) is 0 Å². The second-order valence-corrected chi connectivity index (χ2v) is 5.99. The molecule has 0 saturated heterocycles. The van der Waals surface area contributed by atoms with E-state index in [2.05, 4.69) is 35.3 Å². The van der Waals surface area contributed by atoms with Crippen molar-refractivity contribution in [2.75, 3.05) is 7.05 Å². The van der Waals surface area contributed by atoms with Gasteiger partial charge < -0.3 is 10.3 Å². The monoisotopic (exact) mass is 236 g/mol. The van der Waals surface area contributed by atoms with E-state index in [-0.39, 0.29) is 11.5 Å². The molecule has 0 aliphatic heterocycles. The molecule has 4 heteroatoms. The highest BCUT2D eigenvalue weighted by Gasteiger charge is 2.41. The molecule has 1 aliphatic rings. The van der Waals surface area contributed by atoms with Crippen LogP contribution in [-0.4, -0.2) is 33.6 Å². The first-order chi connectivity index (χ1) is 7.92. The second-order valence-electron chi connectivity index (χ2n) is 5.99. The Balaban J connectivity index is 2.02. The Morgan fingerprint density at radius 2 is 2.29 bits per heavy atom. The molecule has 1 fully saturated rings. The lowest BCUT2D eigenvalue weighted by Crippen LogP contribution is -2.47. The van der Waals surface area contributed by atoms with Gasteiger partial charge in [-0.05, 0) is 25.3 Å². The Labute approximate surface area is 104 Å². The highest BCUT2D eigenvalue weighted by molar-refractivity contribution is 5.00. The number of aryl methyl sites for hydroxylation is 1. The first kappa shape index (κ1) is 12.6. The van der Waals surface area contributed by atoms with Gasteiger partial charge in [-0.25, -0.2) is 4.98 Å². The molecule has 2 atom stereocenters. The Morgan fingerprint density at radius 1 is 1.59 bits per heavy atom. The molecule has 0 radical (unpaired) electrons. The molecule has 2 N–H and O–H groups in total. The summed E-state index contributed by atoms with van der Waals surface area (Å²) in [4.78, 5) is 6.72. The molecule has 2 rings (SSSR count). The lowest BCUT2D eigenvalue weighted by molar-refractivity contribution is 0.186. The fraction of sp³-hybridized carbons (Fsp3) is 0.769. The van der Waals surface area contributed by atoms with E-state index in [1.54, 1.807) is 0 Å². The van der Waals surface area contributed by atoms with Crippen LogP contribution in [0, 0.1) is 5.41 Å². The van der Waals surface area contributed by atoms with E-state index < -0.39 is 0 Å². The Bertz CT molecular complexity index is 383. The van der Waals surface area contributed by atoms with Crippen LogP contribution in [0.5, 0.6) is 0 Å². The van der Waals surface area contributed by atoms with Gasteiger partial charge in [-0.15, -0.1) is 0 Å². The van der Waals surface area contributed by atoms with E-state index >= 15 is 0 Å². The molecular formula is C13H24N4. The minimum Gasteiger partial charge on any atom is -0.337 e. The molecule has 1 aromatic heterocycles. The Hall–Kier alpha value is -0.870. The maximum atomic E-state index is 6.36. The van der Waals surface area contributed by atoms with Gasteiger partial charge in [-0.2, -0.15) is 0 Å². The normalized spacial score (nSPS) is 27.9. The predicted molar refractivity (Wildman–Crippen MR) is 69.5 cm³/mol. The van der Waals surface area contributed by atoms with E-state index in [0.29, 0.717) is 6.04 Å². The number of hydrogen-bond acceptors (Lipinski definition) is 3. The Morgan fingerprint density at radius 3 is 2.76 bits per heavy atom. The second kappa shape index (κ2) is 4.42. The first-order valence-electron chi connectivity index (χ1n) is 6.34. The van der Waals surface area contributed by atoms with Crippen molar-refractivity contribution in [1.82, 2.24) is 14.5 Å². The van der Waals surface area contributed by atoms with Crippen molar-refractivity contribution >= 4 is 0 Å². The van der Waals surface area contributed by atoms with E-state index in [9.17, 15) is 0 Å². The smallest absolute Gasteiger partial charge is 0.122 e. The van der Waals surface area contributed by atoms with Crippen LogP contribution >= 0.6 is 0 Å². The fourth-order valence-electron chi connectivity index (χ4n) is 2.77. The molecule has 4 nitrogen and oxygen atoms in total. The molecule has 17 heavy (non-hydrogen) atoms. The van der Waals surface area contributed by atoms with Gasteiger partial charge in [0.05, 0.1) is 6.54 Å². The molecule has 1 saturated carbocycles. The summed E-state index contributed by atoms with van der Waals surface area (Å²) < 4.78 is 2.07. The highest BCUT2D eigenvalue weighted by atomic mass is 15.2. The molecule has 1 heterocycles. The summed E-state index contributed by atoms with van der Waals surface area (Å²) in [7, 11) is 4.19. The quantitative estimate of drug-likeness (QED) is 0.862. The van der Waals surface area contributed by atoms with Gasteiger partial charge in [0.2, 0.25) is 0 Å². The van der Waals surface area contributed by atoms with Crippen LogP contribution in [0.3, 0.4) is 0 Å². The minimum absolute atomic E-state index is 0.257. The van der Waals surface area contributed by atoms with Crippen molar-refractivity contribution in [3.8, 4) is 0 Å². The number of rotatable bonds is 3. The Kier molecular flexibility index (Phi) is 3.27. The van der Waals surface area contributed by atoms with Crippen molar-refractivity contribution < 1.29 is 0 Å². The highest BCUT2D eigenvalue weighted by Crippen LogP contribution is 2.38. The summed E-state index contributed by atoms with van der Waals surface area (Å²) in [5.41, 5.74) is 6.62. The van der Waals surface area contributed by atoms with E-state index in [4.69, 9.17) is 5.73 Å². The molecule has 0 aromatic carbocycles. The summed E-state index contributed by atoms with van der Waals surface area (Å²) in [6.45, 7) is 5.41. The van der Waals surface area contributed by atoms with Gasteiger partial charge in [-0.3, -0.25) is 4.90 Å². The zero-order valence-electron chi connectivity index (χ0n) is 11.3. The first-order valence-corrected chi connectivity index (χ1v) is 6.34. The number of aromatic nitrogens is 2. The number of likely N-dealkylation sites (N-methyl/N-ethyl adjacent to an activating group) is 1. The number of imidazole rings is 1. The molecule has 1 aromatic rings. The average Bonchev–Trinajstić information content (AvgIpc) is 2.74. The van der Waals surface area contributed by atoms with Gasteiger partial charge >= 0.3 is 0 Å². The van der Waals surface area contributed by atoms with Gasteiger partial charge in [0.15, 0.2) is 0 Å². The third-order valence-corrected chi connectivity index (χ3v) is 4.28. The maximum Gasteiger partial charge on any atom is 0.122 e. The summed E-state index contributed by atoms with van der Waals surface area (Å²) in [6, 6.07) is 0.731. The fourth-order valence-corrected chi connectivity index (χ4v) is 2.77. The SMILES string of the molecule is CN(Cc1nccn1C)C1CCC(C)(C)C1N. The molecule has 0 amide bonds. The molecular weight excluding hydrogens is 212 g/mol. The largest absolute Gasteiger partial charge is 0.337 e. The summed E-state index contributed by atoms with van der Waals surface area (Å²) >= 11 is 0. The summed E-state index contributed by atoms with van der Waals surface area (Å²) in [5, 5.41) is 0. The van der Waals surface area contributed by atoms with Gasteiger partial charge in [-0.1, -0.05) is 13.8 Å². The van der Waals surface area contributed by atoms with E-state index in [0.717, 1.165) is 12.4 Å². The zero-order valence-corrected chi connectivity index (χ0v) is 11.3. The van der Waals surface area contributed by atoms with Crippen molar-refractivity contribution in [2.45, 2.75) is 45.3 Å². The maximum absolute atomic E-state index is 6.36. The molecule has 96 valence electrons. The molecule has 0 spiro atoms. The van der Waals surface area contributed by atoms with Crippen molar-refractivity contribution in [1.29, 1.82) is 0 Å². The third kappa shape index (κ3) is 2.38. The van der Waals surface area contributed by atoms with Crippen LogP contribution in [0.1, 0.15) is 32.5 Å². The van der Waals surface area contributed by atoms with Crippen LogP contribution in [0.2, 0.25) is 0 Å². The van der Waals surface area contributed by atoms with Crippen LogP contribution in [0.15, 0.2) is 12.4 Å². The van der Waals surface area contributed by atoms with Crippen LogP contribution in [0.4, 0.5) is 0 Å². The zero-order chi connectivity index (χ0) is 12.6. The predicted octanol–water partition coefficient (Wildman–Crippen LogP) is 1.37. The van der Waals surface area contributed by atoms with Crippen molar-refractivity contribution in [3.05, 3.63) is 18.2 Å². The average molecular weight is 236 g/mol. The number of nitrogens with two attached hydrogens (primary N) is 1.